The molecule has 0 amide bonds. The van der Waals surface area contributed by atoms with E-state index in [1.54, 1.807) is 47.5 Å². The number of hydrazone groups is 1. The highest BCUT2D eigenvalue weighted by molar-refractivity contribution is 6.55. The molecule has 1 aliphatic heterocycles. The van der Waals surface area contributed by atoms with Crippen molar-refractivity contribution in [2.45, 2.75) is 26.5 Å². The summed E-state index contributed by atoms with van der Waals surface area (Å²) in [6.45, 7) is 5.71. The molecule has 234 valence electrons. The van der Waals surface area contributed by atoms with Gasteiger partial charge in [-0.05, 0) is 53.3 Å². The Hall–Kier alpha value is -4.37. The van der Waals surface area contributed by atoms with Crippen molar-refractivity contribution in [2.75, 3.05) is 13.1 Å². The van der Waals surface area contributed by atoms with Crippen LogP contribution in [0.5, 0.6) is 11.5 Å². The van der Waals surface area contributed by atoms with Crippen LogP contribution in [0.15, 0.2) is 88.6 Å². The lowest BCUT2D eigenvalue weighted by molar-refractivity contribution is -0.485. The van der Waals surface area contributed by atoms with Crippen molar-refractivity contribution in [2.24, 2.45) is 22.4 Å². The monoisotopic (exact) mass is 670 g/mol. The molecule has 3 aromatic rings. The first-order chi connectivity index (χ1) is 21.5. The minimum Gasteiger partial charge on any atom is -0.457 e. The normalized spacial score (nSPS) is 19.2. The summed E-state index contributed by atoms with van der Waals surface area (Å²) < 4.78 is 11.4. The van der Waals surface area contributed by atoms with E-state index in [2.05, 4.69) is 15.4 Å². The van der Waals surface area contributed by atoms with E-state index < -0.39 is 17.1 Å². The zero-order chi connectivity index (χ0) is 32.6. The number of esters is 1. The number of allylic oxidation sites excluding steroid dienone is 1. The van der Waals surface area contributed by atoms with Crippen molar-refractivity contribution in [1.82, 2.24) is 15.2 Å². The Labute approximate surface area is 275 Å². The fourth-order valence-corrected chi connectivity index (χ4v) is 5.25. The van der Waals surface area contributed by atoms with Crippen molar-refractivity contribution in [3.8, 4) is 17.6 Å². The van der Waals surface area contributed by atoms with Gasteiger partial charge in [-0.3, -0.25) is 4.79 Å². The first-order valence-electron chi connectivity index (χ1n) is 13.8. The van der Waals surface area contributed by atoms with E-state index in [4.69, 9.17) is 44.3 Å². The van der Waals surface area contributed by atoms with Gasteiger partial charge in [-0.25, -0.2) is 15.1 Å². The van der Waals surface area contributed by atoms with E-state index in [-0.39, 0.29) is 27.7 Å². The van der Waals surface area contributed by atoms with Crippen LogP contribution in [0.2, 0.25) is 5.15 Å². The number of carbonyl (C=O) groups excluding carboxylic acids is 1. The third-order valence-electron chi connectivity index (χ3n) is 7.26. The summed E-state index contributed by atoms with van der Waals surface area (Å²) in [6.07, 6.45) is 2.26. The van der Waals surface area contributed by atoms with Gasteiger partial charge in [0.05, 0.1) is 5.92 Å². The number of pyridine rings is 1. The van der Waals surface area contributed by atoms with Gasteiger partial charge in [-0.1, -0.05) is 85.0 Å². The number of nitriles is 1. The highest BCUT2D eigenvalue weighted by atomic mass is 35.5. The van der Waals surface area contributed by atoms with Gasteiger partial charge in [0.1, 0.15) is 32.3 Å². The molecule has 1 unspecified atom stereocenters. The van der Waals surface area contributed by atoms with E-state index in [1.165, 1.54) is 0 Å². The molecular formula is C31H29Cl3N6O5. The van der Waals surface area contributed by atoms with Gasteiger partial charge in [0.15, 0.2) is 5.03 Å². The second kappa shape index (κ2) is 15.1. The van der Waals surface area contributed by atoms with E-state index in [1.807, 2.05) is 56.3 Å². The van der Waals surface area contributed by atoms with Gasteiger partial charge in [-0.15, -0.1) is 0 Å². The van der Waals surface area contributed by atoms with Gasteiger partial charge in [0.2, 0.25) is 6.10 Å². The van der Waals surface area contributed by atoms with E-state index in [0.29, 0.717) is 41.8 Å². The number of halogens is 3. The molecule has 0 spiro atoms. The standard InChI is InChI=1S/C22H19Cl2NO3.C9H10ClN5O2/c1-22(2)17(12-19(23)24)20(22)21(26)28-18(13-25)14-7-6-10-16(11-14)27-15-8-4-3-5-9-15;10-8-2-1-7(5-12-8)6-14-4-3-11-9(14)13-15(16)17/h3-12,17-18,20H,1-2H3;1-2,5H,3-4,6H2,(H,11,13)/t17-,18?,20-;/m0./s1. The van der Waals surface area contributed by atoms with Crippen LogP contribution < -0.4 is 10.1 Å². The third kappa shape index (κ3) is 9.31. The zero-order valence-electron chi connectivity index (χ0n) is 24.3. The van der Waals surface area contributed by atoms with E-state index in [0.717, 1.165) is 5.56 Å². The first kappa shape index (κ1) is 33.5. The SMILES string of the molecule is CC1(C)[C@H](C(=O)OC(C#N)c2cccc(Oc3ccccc3)c2)[C@@H]1C=C(Cl)Cl.O=[N+]([O-])/N=C1\NCCN1Cc1ccc(Cl)nc1. The average molecular weight is 672 g/mol. The number of ether oxygens (including phenoxy) is 2. The number of carbonyl (C=O) groups is 1. The quantitative estimate of drug-likeness (QED) is 0.112. The number of benzene rings is 2. The smallest absolute Gasteiger partial charge is 0.311 e. The van der Waals surface area contributed by atoms with Crippen molar-refractivity contribution >= 4 is 46.7 Å². The van der Waals surface area contributed by atoms with E-state index in [9.17, 15) is 20.2 Å². The molecule has 1 N–H and O–H groups in total. The Bertz CT molecular complexity index is 1610. The Morgan fingerprint density at radius 3 is 2.60 bits per heavy atom. The lowest BCUT2D eigenvalue weighted by atomic mass is 10.1. The molecule has 2 aliphatic rings. The molecule has 45 heavy (non-hydrogen) atoms. The molecular weight excluding hydrogens is 643 g/mol. The highest BCUT2D eigenvalue weighted by Gasteiger charge is 2.62. The molecule has 3 atom stereocenters. The maximum absolute atomic E-state index is 12.6. The molecule has 14 heteroatoms. The molecule has 1 saturated carbocycles. The number of aromatic nitrogens is 1. The molecule has 2 fully saturated rings. The Morgan fingerprint density at radius 2 is 1.96 bits per heavy atom. The van der Waals surface area contributed by atoms with Crippen molar-refractivity contribution in [1.29, 1.82) is 5.26 Å². The predicted molar refractivity (Wildman–Crippen MR) is 170 cm³/mol. The topological polar surface area (TPSA) is 143 Å². The Morgan fingerprint density at radius 1 is 1.22 bits per heavy atom. The number of nitrogens with zero attached hydrogens (tertiary/aromatic N) is 5. The summed E-state index contributed by atoms with van der Waals surface area (Å²) in [7, 11) is 0. The number of guanidine groups is 1. The molecule has 1 saturated heterocycles. The fourth-order valence-electron chi connectivity index (χ4n) is 4.87. The molecule has 1 aromatic heterocycles. The molecule has 0 radical (unpaired) electrons. The summed E-state index contributed by atoms with van der Waals surface area (Å²) in [5.74, 6) is 0.572. The summed E-state index contributed by atoms with van der Waals surface area (Å²) >= 11 is 17.1. The molecule has 5 rings (SSSR count). The van der Waals surface area contributed by atoms with Gasteiger partial charge < -0.3 is 19.7 Å². The van der Waals surface area contributed by atoms with Crippen molar-refractivity contribution < 1.29 is 19.3 Å². The second-order valence-corrected chi connectivity index (χ2v) is 12.1. The van der Waals surface area contributed by atoms with Crippen LogP contribution in [0.25, 0.3) is 0 Å². The average Bonchev–Trinajstić information content (AvgIpc) is 3.28. The minimum absolute atomic E-state index is 0.114. The van der Waals surface area contributed by atoms with Crippen LogP contribution in [0, 0.1) is 38.7 Å². The maximum atomic E-state index is 12.6. The van der Waals surface area contributed by atoms with Crippen LogP contribution in [0.3, 0.4) is 0 Å². The minimum atomic E-state index is -1.03. The fraction of sp³-hybridized carbons (Fsp3) is 0.290. The van der Waals surface area contributed by atoms with Gasteiger partial charge in [-0.2, -0.15) is 5.26 Å². The predicted octanol–water partition coefficient (Wildman–Crippen LogP) is 6.87. The molecule has 11 nitrogen and oxygen atoms in total. The molecule has 2 aromatic carbocycles. The number of nitrogens with one attached hydrogen (secondary N) is 1. The van der Waals surface area contributed by atoms with Crippen LogP contribution >= 0.6 is 34.8 Å². The molecule has 0 bridgehead atoms. The maximum Gasteiger partial charge on any atom is 0.311 e. The van der Waals surface area contributed by atoms with E-state index >= 15 is 0 Å². The third-order valence-corrected chi connectivity index (χ3v) is 7.74. The summed E-state index contributed by atoms with van der Waals surface area (Å²) in [4.78, 5) is 28.7. The van der Waals surface area contributed by atoms with Crippen molar-refractivity contribution in [3.63, 3.8) is 0 Å². The van der Waals surface area contributed by atoms with Gasteiger partial charge in [0, 0.05) is 31.4 Å². The number of hydrogen-bond acceptors (Lipinski definition) is 7. The summed E-state index contributed by atoms with van der Waals surface area (Å²) in [5.41, 5.74) is 1.16. The Balaban J connectivity index is 0.000000231. The van der Waals surface area contributed by atoms with Crippen LogP contribution in [0.4, 0.5) is 0 Å². The number of rotatable bonds is 9. The zero-order valence-corrected chi connectivity index (χ0v) is 26.5. The lowest BCUT2D eigenvalue weighted by Gasteiger charge is -2.14. The van der Waals surface area contributed by atoms with Crippen LogP contribution in [-0.2, 0) is 16.1 Å². The molecule has 2 heterocycles. The number of nitro groups is 1. The summed E-state index contributed by atoms with van der Waals surface area (Å²) in [5, 5.41) is 25.7. The summed E-state index contributed by atoms with van der Waals surface area (Å²) in [6, 6.07) is 21.8. The second-order valence-electron chi connectivity index (χ2n) is 10.7. The number of para-hydroxylation sites is 1. The van der Waals surface area contributed by atoms with Crippen LogP contribution in [-0.4, -0.2) is 39.9 Å². The van der Waals surface area contributed by atoms with Crippen molar-refractivity contribution in [3.05, 3.63) is 110 Å². The van der Waals surface area contributed by atoms with Crippen LogP contribution in [0.1, 0.15) is 31.1 Å². The highest BCUT2D eigenvalue weighted by Crippen LogP contribution is 2.60. The first-order valence-corrected chi connectivity index (χ1v) is 14.9. The number of hydrogen-bond donors (Lipinski definition) is 1. The lowest BCUT2D eigenvalue weighted by Crippen LogP contribution is -2.30. The van der Waals surface area contributed by atoms with Gasteiger partial charge in [0.25, 0.3) is 5.96 Å². The largest absolute Gasteiger partial charge is 0.457 e. The van der Waals surface area contributed by atoms with Gasteiger partial charge >= 0.3 is 5.97 Å². The Kier molecular flexibility index (Phi) is 11.2. The molecule has 1 aliphatic carbocycles.